The molecule has 0 saturated carbocycles. The van der Waals surface area contributed by atoms with Gasteiger partial charge >= 0.3 is 5.97 Å². The highest BCUT2D eigenvalue weighted by Gasteiger charge is 2.28. The van der Waals surface area contributed by atoms with Crippen LogP contribution < -0.4 is 0 Å². The Kier molecular flexibility index (Phi) is 32.2. The molecule has 0 radical (unpaired) electrons. The molecule has 0 aromatic heterocycles. The Hall–Kier alpha value is -0.900. The first-order valence-corrected chi connectivity index (χ1v) is 22.4. The number of unbranched alkanes of at least 4 members (excludes halogenated alkanes) is 20. The van der Waals surface area contributed by atoms with Crippen LogP contribution in [-0.2, 0) is 14.3 Å². The molecule has 0 aromatic rings. The molecule has 1 fully saturated rings. The fourth-order valence-electron chi connectivity index (χ4n) is 8.00. The van der Waals surface area contributed by atoms with Crippen molar-refractivity contribution in [1.29, 1.82) is 0 Å². The third-order valence-corrected chi connectivity index (χ3v) is 11.5. The van der Waals surface area contributed by atoms with Crippen molar-refractivity contribution in [2.75, 3.05) is 26.7 Å². The van der Waals surface area contributed by atoms with Crippen molar-refractivity contribution < 1.29 is 14.3 Å². The molecule has 4 nitrogen and oxygen atoms in total. The van der Waals surface area contributed by atoms with Crippen molar-refractivity contribution in [3.63, 3.8) is 0 Å². The molecular formula is C45H87NO3. The number of hydrogen-bond donors (Lipinski definition) is 0. The largest absolute Gasteiger partial charge is 0.465 e. The highest BCUT2D eigenvalue weighted by atomic mass is 16.5. The van der Waals surface area contributed by atoms with E-state index < -0.39 is 0 Å². The zero-order chi connectivity index (χ0) is 35.6. The number of rotatable bonds is 37. The van der Waals surface area contributed by atoms with E-state index >= 15 is 0 Å². The van der Waals surface area contributed by atoms with Gasteiger partial charge in [0, 0.05) is 19.4 Å². The van der Waals surface area contributed by atoms with Gasteiger partial charge in [0.2, 0.25) is 0 Å². The Morgan fingerprint density at radius 2 is 0.918 bits per heavy atom. The lowest BCUT2D eigenvalue weighted by Gasteiger charge is -2.19. The van der Waals surface area contributed by atoms with Crippen molar-refractivity contribution in [3.05, 3.63) is 0 Å². The fourth-order valence-corrected chi connectivity index (χ4v) is 8.00. The SMILES string of the molecule is CCCCCCCCCCC(CCCC(=O)CCCCC(CCCCCCCCC)CCCCCCCCC)COC(=O)C1CCN(C)C1. The maximum Gasteiger partial charge on any atom is 0.310 e. The molecule has 0 N–H and O–H groups in total. The number of nitrogens with zero attached hydrogens (tertiary/aromatic N) is 1. The maximum atomic E-state index is 12.9. The summed E-state index contributed by atoms with van der Waals surface area (Å²) in [5.41, 5.74) is 0. The Labute approximate surface area is 307 Å². The lowest BCUT2D eigenvalue weighted by molar-refractivity contribution is -0.149. The molecule has 49 heavy (non-hydrogen) atoms. The number of ketones is 1. The number of esters is 1. The van der Waals surface area contributed by atoms with E-state index in [0.717, 1.165) is 57.5 Å². The first-order chi connectivity index (χ1) is 24.0. The van der Waals surface area contributed by atoms with E-state index in [1.807, 2.05) is 0 Å². The van der Waals surface area contributed by atoms with Gasteiger partial charge in [-0.1, -0.05) is 188 Å². The van der Waals surface area contributed by atoms with Gasteiger partial charge < -0.3 is 9.64 Å². The maximum absolute atomic E-state index is 12.9. The quantitative estimate of drug-likeness (QED) is 0.0481. The standard InChI is InChI=1S/C45H87NO3/c1-5-8-11-14-17-20-23-26-33-42(40-49-45(48)43-37-38-46(4)39-43)34-29-36-44(47)35-28-27-32-41(30-24-21-18-15-12-9-6-2)31-25-22-19-16-13-10-7-3/h41-43H,5-40H2,1-4H3. The van der Waals surface area contributed by atoms with E-state index in [1.165, 1.54) is 167 Å². The number of carbonyl (C=O) groups excluding carboxylic acids is 2. The van der Waals surface area contributed by atoms with Gasteiger partial charge in [0.05, 0.1) is 12.5 Å². The molecule has 290 valence electrons. The van der Waals surface area contributed by atoms with Crippen molar-refractivity contribution in [3.8, 4) is 0 Å². The Bertz CT molecular complexity index is 721. The average molecular weight is 690 g/mol. The molecular weight excluding hydrogens is 602 g/mol. The lowest BCUT2D eigenvalue weighted by atomic mass is 9.89. The zero-order valence-corrected chi connectivity index (χ0v) is 33.9. The minimum atomic E-state index is -0.00129. The smallest absolute Gasteiger partial charge is 0.310 e. The van der Waals surface area contributed by atoms with Crippen LogP contribution in [0.3, 0.4) is 0 Å². The summed E-state index contributed by atoms with van der Waals surface area (Å²) in [6.45, 7) is 9.24. The predicted octanol–water partition coefficient (Wildman–Crippen LogP) is 13.8. The number of hydrogen-bond acceptors (Lipinski definition) is 4. The van der Waals surface area contributed by atoms with Gasteiger partial charge in [-0.2, -0.15) is 0 Å². The van der Waals surface area contributed by atoms with E-state index in [4.69, 9.17) is 4.74 Å². The van der Waals surface area contributed by atoms with E-state index in [1.54, 1.807) is 0 Å². The first-order valence-electron chi connectivity index (χ1n) is 22.4. The normalized spacial score (nSPS) is 15.7. The van der Waals surface area contributed by atoms with Gasteiger partial charge in [-0.3, -0.25) is 9.59 Å². The summed E-state index contributed by atoms with van der Waals surface area (Å²) in [6, 6.07) is 0. The van der Waals surface area contributed by atoms with Gasteiger partial charge in [0.25, 0.3) is 0 Å². The van der Waals surface area contributed by atoms with E-state index in [-0.39, 0.29) is 11.9 Å². The molecule has 0 aromatic carbocycles. The number of likely N-dealkylation sites (tertiary alicyclic amines) is 1. The predicted molar refractivity (Wildman–Crippen MR) is 213 cm³/mol. The van der Waals surface area contributed by atoms with Crippen molar-refractivity contribution in [1.82, 2.24) is 4.90 Å². The molecule has 0 aliphatic carbocycles. The second-order valence-electron chi connectivity index (χ2n) is 16.4. The van der Waals surface area contributed by atoms with Crippen LogP contribution in [0.1, 0.15) is 233 Å². The number of carbonyl (C=O) groups is 2. The van der Waals surface area contributed by atoms with Gasteiger partial charge in [0.1, 0.15) is 5.78 Å². The topological polar surface area (TPSA) is 46.6 Å². The minimum absolute atomic E-state index is 0.00129. The van der Waals surface area contributed by atoms with E-state index in [2.05, 4.69) is 32.7 Å². The van der Waals surface area contributed by atoms with Crippen LogP contribution in [0.15, 0.2) is 0 Å². The second kappa shape index (κ2) is 34.2. The molecule has 0 spiro atoms. The van der Waals surface area contributed by atoms with Crippen molar-refractivity contribution in [2.24, 2.45) is 17.8 Å². The molecule has 2 unspecified atom stereocenters. The molecule has 0 amide bonds. The molecule has 4 heteroatoms. The third kappa shape index (κ3) is 28.4. The molecule has 1 heterocycles. The lowest BCUT2D eigenvalue weighted by Crippen LogP contribution is -2.24. The number of Topliss-reactive ketones (excluding diaryl/α,β-unsaturated/α-hetero) is 1. The summed E-state index contributed by atoms with van der Waals surface area (Å²) in [6.07, 6.45) is 42.0. The molecule has 0 bridgehead atoms. The summed E-state index contributed by atoms with van der Waals surface area (Å²) >= 11 is 0. The van der Waals surface area contributed by atoms with E-state index in [0.29, 0.717) is 24.7 Å². The first kappa shape index (κ1) is 46.1. The summed E-state index contributed by atoms with van der Waals surface area (Å²) in [7, 11) is 2.09. The molecule has 2 atom stereocenters. The van der Waals surface area contributed by atoms with E-state index in [9.17, 15) is 9.59 Å². The van der Waals surface area contributed by atoms with Crippen LogP contribution in [0.2, 0.25) is 0 Å². The van der Waals surface area contributed by atoms with Gasteiger partial charge in [-0.25, -0.2) is 0 Å². The highest BCUT2D eigenvalue weighted by molar-refractivity contribution is 5.78. The summed E-state index contributed by atoms with van der Waals surface area (Å²) < 4.78 is 5.88. The zero-order valence-electron chi connectivity index (χ0n) is 33.9. The Balaban J connectivity index is 2.37. The fraction of sp³-hybridized carbons (Fsp3) is 0.956. The van der Waals surface area contributed by atoms with Gasteiger partial charge in [0.15, 0.2) is 0 Å². The second-order valence-corrected chi connectivity index (χ2v) is 16.4. The summed E-state index contributed by atoms with van der Waals surface area (Å²) in [5, 5.41) is 0. The van der Waals surface area contributed by atoms with Gasteiger partial charge in [-0.05, 0) is 57.5 Å². The molecule has 1 rings (SSSR count). The third-order valence-electron chi connectivity index (χ3n) is 11.5. The summed E-state index contributed by atoms with van der Waals surface area (Å²) in [4.78, 5) is 27.8. The van der Waals surface area contributed by atoms with Crippen LogP contribution in [0.25, 0.3) is 0 Å². The van der Waals surface area contributed by atoms with Crippen molar-refractivity contribution in [2.45, 2.75) is 233 Å². The van der Waals surface area contributed by atoms with Crippen LogP contribution in [0.5, 0.6) is 0 Å². The minimum Gasteiger partial charge on any atom is -0.465 e. The molecule has 1 saturated heterocycles. The van der Waals surface area contributed by atoms with Crippen LogP contribution in [0.4, 0.5) is 0 Å². The van der Waals surface area contributed by atoms with Crippen LogP contribution in [0, 0.1) is 17.8 Å². The number of ether oxygens (including phenoxy) is 1. The van der Waals surface area contributed by atoms with Gasteiger partial charge in [-0.15, -0.1) is 0 Å². The van der Waals surface area contributed by atoms with Crippen molar-refractivity contribution >= 4 is 11.8 Å². The van der Waals surface area contributed by atoms with Crippen LogP contribution in [-0.4, -0.2) is 43.4 Å². The monoisotopic (exact) mass is 690 g/mol. The Morgan fingerprint density at radius 1 is 0.531 bits per heavy atom. The molecule has 1 aliphatic heterocycles. The Morgan fingerprint density at radius 3 is 1.37 bits per heavy atom. The van der Waals surface area contributed by atoms with Crippen LogP contribution >= 0.6 is 0 Å². The molecule has 1 aliphatic rings. The average Bonchev–Trinajstić information content (AvgIpc) is 3.54. The highest BCUT2D eigenvalue weighted by Crippen LogP contribution is 2.26. The summed E-state index contributed by atoms with van der Waals surface area (Å²) in [5.74, 6) is 1.76.